The van der Waals surface area contributed by atoms with E-state index in [0.29, 0.717) is 6.04 Å². The highest BCUT2D eigenvalue weighted by atomic mass is 32.2. The lowest BCUT2D eigenvalue weighted by molar-refractivity contribution is 0.517. The van der Waals surface area contributed by atoms with Gasteiger partial charge in [-0.2, -0.15) is 0 Å². The van der Waals surface area contributed by atoms with Gasteiger partial charge in [0.25, 0.3) is 0 Å². The molecule has 0 saturated heterocycles. The topological polar surface area (TPSA) is 12.0 Å². The van der Waals surface area contributed by atoms with Crippen molar-refractivity contribution >= 4 is 28.3 Å². The smallest absolute Gasteiger partial charge is 0.134 e. The molecule has 1 aliphatic rings. The average Bonchev–Trinajstić information content (AvgIpc) is 2.04. The monoisotopic (exact) mass is 217 g/mol. The van der Waals surface area contributed by atoms with Crippen molar-refractivity contribution < 1.29 is 0 Å². The Morgan fingerprint density at radius 3 is 2.46 bits per heavy atom. The fraction of sp³-hybridized carbons (Fsp3) is 0.900. The second-order valence-electron chi connectivity index (χ2n) is 3.96. The number of thiocarbonyl (C=S) groups is 1. The van der Waals surface area contributed by atoms with Gasteiger partial charge in [0.05, 0.1) is 0 Å². The van der Waals surface area contributed by atoms with Gasteiger partial charge in [-0.1, -0.05) is 43.2 Å². The summed E-state index contributed by atoms with van der Waals surface area (Å²) in [7, 11) is 0. The maximum Gasteiger partial charge on any atom is 0.134 e. The van der Waals surface area contributed by atoms with Gasteiger partial charge in [-0.25, -0.2) is 0 Å². The second kappa shape index (κ2) is 5.86. The minimum Gasteiger partial charge on any atom is -0.369 e. The molecular formula is C10H19NS2. The van der Waals surface area contributed by atoms with Crippen molar-refractivity contribution in [1.82, 2.24) is 5.32 Å². The molecule has 3 heteroatoms. The van der Waals surface area contributed by atoms with E-state index in [1.54, 1.807) is 0 Å². The molecule has 1 N–H and O–H groups in total. The van der Waals surface area contributed by atoms with Crippen molar-refractivity contribution in [3.8, 4) is 0 Å². The molecule has 1 fully saturated rings. The zero-order valence-corrected chi connectivity index (χ0v) is 10.1. The van der Waals surface area contributed by atoms with Crippen LogP contribution in [0.5, 0.6) is 0 Å². The normalized spacial score (nSPS) is 19.0. The Labute approximate surface area is 91.0 Å². The molecule has 0 aromatic carbocycles. The standard InChI is InChI=1S/C10H19NS2/c1-8(2)11-10(12)13-9-6-4-3-5-7-9/h8-9H,3-7H2,1-2H3,(H,11,12). The molecule has 0 aromatic rings. The number of hydrogen-bond donors (Lipinski definition) is 1. The fourth-order valence-corrected chi connectivity index (χ4v) is 3.42. The quantitative estimate of drug-likeness (QED) is 0.713. The molecule has 0 radical (unpaired) electrons. The largest absolute Gasteiger partial charge is 0.369 e. The van der Waals surface area contributed by atoms with Crippen molar-refractivity contribution in [2.45, 2.75) is 57.2 Å². The molecule has 1 rings (SSSR count). The van der Waals surface area contributed by atoms with Crippen LogP contribution in [0, 0.1) is 0 Å². The van der Waals surface area contributed by atoms with Crippen LogP contribution >= 0.6 is 24.0 Å². The molecule has 0 spiro atoms. The summed E-state index contributed by atoms with van der Waals surface area (Å²) in [4.78, 5) is 0. The maximum atomic E-state index is 5.26. The zero-order chi connectivity index (χ0) is 9.68. The minimum absolute atomic E-state index is 0.476. The maximum absolute atomic E-state index is 5.26. The van der Waals surface area contributed by atoms with Crippen LogP contribution in [0.25, 0.3) is 0 Å². The lowest BCUT2D eigenvalue weighted by atomic mass is 10.0. The molecule has 1 aliphatic carbocycles. The Bertz CT molecular complexity index is 162. The van der Waals surface area contributed by atoms with Gasteiger partial charge in [0.15, 0.2) is 0 Å². The van der Waals surface area contributed by atoms with Gasteiger partial charge >= 0.3 is 0 Å². The van der Waals surface area contributed by atoms with Crippen molar-refractivity contribution in [3.63, 3.8) is 0 Å². The van der Waals surface area contributed by atoms with Crippen LogP contribution in [0.4, 0.5) is 0 Å². The molecule has 0 amide bonds. The number of hydrogen-bond acceptors (Lipinski definition) is 2. The number of nitrogens with one attached hydrogen (secondary N) is 1. The van der Waals surface area contributed by atoms with E-state index in [4.69, 9.17) is 12.2 Å². The zero-order valence-electron chi connectivity index (χ0n) is 8.51. The lowest BCUT2D eigenvalue weighted by Crippen LogP contribution is -2.28. The van der Waals surface area contributed by atoms with Crippen LogP contribution < -0.4 is 5.32 Å². The second-order valence-corrected chi connectivity index (χ2v) is 5.94. The molecular weight excluding hydrogens is 198 g/mol. The van der Waals surface area contributed by atoms with Crippen LogP contribution in [0.3, 0.4) is 0 Å². The van der Waals surface area contributed by atoms with Crippen molar-refractivity contribution in [2.24, 2.45) is 0 Å². The Kier molecular flexibility index (Phi) is 5.10. The Balaban J connectivity index is 2.18. The van der Waals surface area contributed by atoms with Crippen LogP contribution in [0.15, 0.2) is 0 Å². The van der Waals surface area contributed by atoms with E-state index in [9.17, 15) is 0 Å². The van der Waals surface area contributed by atoms with E-state index in [-0.39, 0.29) is 0 Å². The Morgan fingerprint density at radius 1 is 1.31 bits per heavy atom. The molecule has 76 valence electrons. The molecule has 0 heterocycles. The third-order valence-electron chi connectivity index (χ3n) is 2.23. The molecule has 0 bridgehead atoms. The van der Waals surface area contributed by atoms with Gasteiger partial charge in [0.2, 0.25) is 0 Å². The fourth-order valence-electron chi connectivity index (χ4n) is 1.60. The first-order valence-corrected chi connectivity index (χ1v) is 6.44. The Hall–Kier alpha value is 0.240. The average molecular weight is 217 g/mol. The van der Waals surface area contributed by atoms with Crippen LogP contribution in [-0.2, 0) is 0 Å². The summed E-state index contributed by atoms with van der Waals surface area (Å²) < 4.78 is 0.988. The van der Waals surface area contributed by atoms with E-state index in [0.717, 1.165) is 9.57 Å². The van der Waals surface area contributed by atoms with Gasteiger partial charge in [-0.3, -0.25) is 0 Å². The van der Waals surface area contributed by atoms with E-state index in [2.05, 4.69) is 19.2 Å². The Morgan fingerprint density at radius 2 is 1.92 bits per heavy atom. The molecule has 0 unspecified atom stereocenters. The first-order chi connectivity index (χ1) is 6.18. The van der Waals surface area contributed by atoms with E-state index < -0.39 is 0 Å². The first-order valence-electron chi connectivity index (χ1n) is 5.15. The van der Waals surface area contributed by atoms with E-state index >= 15 is 0 Å². The molecule has 0 aliphatic heterocycles. The lowest BCUT2D eigenvalue weighted by Gasteiger charge is -2.22. The van der Waals surface area contributed by atoms with Crippen molar-refractivity contribution in [1.29, 1.82) is 0 Å². The molecule has 1 saturated carbocycles. The molecule has 13 heavy (non-hydrogen) atoms. The summed E-state index contributed by atoms with van der Waals surface area (Å²) in [6, 6.07) is 0.476. The SMILES string of the molecule is CC(C)NC(=S)SC1CCCCC1. The highest BCUT2D eigenvalue weighted by molar-refractivity contribution is 8.23. The van der Waals surface area contributed by atoms with Gasteiger partial charge < -0.3 is 5.32 Å². The van der Waals surface area contributed by atoms with E-state index in [1.807, 2.05) is 11.8 Å². The van der Waals surface area contributed by atoms with Gasteiger partial charge in [0.1, 0.15) is 4.32 Å². The first kappa shape index (κ1) is 11.3. The number of thioether (sulfide) groups is 1. The van der Waals surface area contributed by atoms with Crippen LogP contribution in [0.1, 0.15) is 46.0 Å². The summed E-state index contributed by atoms with van der Waals surface area (Å²) in [5, 5.41) is 4.07. The van der Waals surface area contributed by atoms with Gasteiger partial charge in [-0.15, -0.1) is 0 Å². The van der Waals surface area contributed by atoms with Gasteiger partial charge in [-0.05, 0) is 26.7 Å². The summed E-state index contributed by atoms with van der Waals surface area (Å²) in [5.41, 5.74) is 0. The predicted octanol–water partition coefficient (Wildman–Crippen LogP) is 3.34. The number of rotatable bonds is 2. The van der Waals surface area contributed by atoms with Crippen molar-refractivity contribution in [2.75, 3.05) is 0 Å². The molecule has 0 atom stereocenters. The third-order valence-corrected chi connectivity index (χ3v) is 3.78. The van der Waals surface area contributed by atoms with Crippen LogP contribution in [-0.4, -0.2) is 15.6 Å². The van der Waals surface area contributed by atoms with E-state index in [1.165, 1.54) is 32.1 Å². The highest BCUT2D eigenvalue weighted by Crippen LogP contribution is 2.28. The third kappa shape index (κ3) is 4.87. The highest BCUT2D eigenvalue weighted by Gasteiger charge is 2.15. The minimum atomic E-state index is 0.476. The summed E-state index contributed by atoms with van der Waals surface area (Å²) in [6.45, 7) is 4.27. The summed E-state index contributed by atoms with van der Waals surface area (Å²) >= 11 is 7.13. The molecule has 1 nitrogen and oxygen atoms in total. The van der Waals surface area contributed by atoms with Gasteiger partial charge in [0, 0.05) is 11.3 Å². The summed E-state index contributed by atoms with van der Waals surface area (Å²) in [6.07, 6.45) is 6.90. The van der Waals surface area contributed by atoms with Crippen LogP contribution in [0.2, 0.25) is 0 Å². The predicted molar refractivity (Wildman–Crippen MR) is 65.3 cm³/mol. The summed E-state index contributed by atoms with van der Waals surface area (Å²) in [5.74, 6) is 0. The van der Waals surface area contributed by atoms with Crippen molar-refractivity contribution in [3.05, 3.63) is 0 Å². The molecule has 0 aromatic heterocycles.